The maximum Gasteiger partial charge on any atom is 0.254 e. The second-order valence-corrected chi connectivity index (χ2v) is 10.2. The first kappa shape index (κ1) is 23.3. The number of aryl methyl sites for hydroxylation is 2. The molecule has 2 N–H and O–H groups in total. The van der Waals surface area contributed by atoms with Crippen LogP contribution in [0.1, 0.15) is 34.7 Å². The first-order valence-electron chi connectivity index (χ1n) is 11.8. The van der Waals surface area contributed by atoms with E-state index in [9.17, 15) is 9.59 Å². The molecule has 1 unspecified atom stereocenters. The van der Waals surface area contributed by atoms with Crippen molar-refractivity contribution in [1.82, 2.24) is 9.97 Å². The van der Waals surface area contributed by atoms with E-state index in [1.807, 2.05) is 31.2 Å². The number of imidazole rings is 1. The molecule has 3 heterocycles. The highest BCUT2D eigenvalue weighted by Gasteiger charge is 2.35. The number of methoxy groups -OCH3 is 1. The molecule has 0 radical (unpaired) electrons. The van der Waals surface area contributed by atoms with Gasteiger partial charge in [0.2, 0.25) is 0 Å². The Morgan fingerprint density at radius 3 is 2.86 bits per heavy atom. The molecule has 0 fully saturated rings. The molecule has 5 rings (SSSR count). The van der Waals surface area contributed by atoms with E-state index in [4.69, 9.17) is 4.74 Å². The van der Waals surface area contributed by atoms with Crippen LogP contribution in [0, 0.1) is 20.8 Å². The summed E-state index contributed by atoms with van der Waals surface area (Å²) in [6.45, 7) is 6.98. The number of allylic oxidation sites excluding steroid dienone is 2. The van der Waals surface area contributed by atoms with Gasteiger partial charge < -0.3 is 19.9 Å². The third-order valence-electron chi connectivity index (χ3n) is 6.81. The summed E-state index contributed by atoms with van der Waals surface area (Å²) >= 11 is 1.76. The fourth-order valence-electron chi connectivity index (χ4n) is 4.94. The van der Waals surface area contributed by atoms with Crippen LogP contribution in [0.4, 0.5) is 10.7 Å². The van der Waals surface area contributed by atoms with Gasteiger partial charge in [-0.3, -0.25) is 4.79 Å². The summed E-state index contributed by atoms with van der Waals surface area (Å²) in [6.07, 6.45) is 5.94. The smallest absolute Gasteiger partial charge is 0.254 e. The molecule has 0 spiro atoms. The molecule has 1 aliphatic heterocycles. The van der Waals surface area contributed by atoms with Crippen molar-refractivity contribution in [2.45, 2.75) is 46.1 Å². The highest BCUT2D eigenvalue weighted by molar-refractivity contribution is 7.16. The molecule has 180 valence electrons. The lowest BCUT2D eigenvalue weighted by Crippen LogP contribution is -2.35. The van der Waals surface area contributed by atoms with Gasteiger partial charge in [-0.05, 0) is 75.4 Å². The lowest BCUT2D eigenvalue weighted by Gasteiger charge is -2.31. The molecular weight excluding hydrogens is 460 g/mol. The van der Waals surface area contributed by atoms with Crippen LogP contribution >= 0.6 is 11.3 Å². The van der Waals surface area contributed by atoms with Crippen LogP contribution in [0.15, 0.2) is 47.2 Å². The summed E-state index contributed by atoms with van der Waals surface area (Å²) in [6, 6.07) is 5.58. The Labute approximate surface area is 208 Å². The zero-order valence-electron chi connectivity index (χ0n) is 20.3. The van der Waals surface area contributed by atoms with Gasteiger partial charge in [-0.15, -0.1) is 11.3 Å². The average molecular weight is 489 g/mol. The Kier molecular flexibility index (Phi) is 6.19. The maximum atomic E-state index is 13.4. The van der Waals surface area contributed by atoms with E-state index in [1.54, 1.807) is 17.4 Å². The first-order chi connectivity index (χ1) is 16.9. The van der Waals surface area contributed by atoms with E-state index in [2.05, 4.69) is 40.0 Å². The van der Waals surface area contributed by atoms with Gasteiger partial charge in [-0.25, -0.2) is 9.78 Å². The number of rotatable bonds is 4. The highest BCUT2D eigenvalue weighted by atomic mass is 32.1. The van der Waals surface area contributed by atoms with E-state index in [0.717, 1.165) is 42.8 Å². The Hall–Kier alpha value is -3.45. The number of ether oxygens (including phenoxy) is 1. The molecule has 0 bridgehead atoms. The van der Waals surface area contributed by atoms with Crippen LogP contribution in [-0.2, 0) is 20.7 Å². The predicted octanol–water partition coefficient (Wildman–Crippen LogP) is 4.93. The number of aromatic nitrogens is 2. The zero-order valence-corrected chi connectivity index (χ0v) is 21.1. The van der Waals surface area contributed by atoms with Crippen LogP contribution in [-0.4, -0.2) is 41.6 Å². The van der Waals surface area contributed by atoms with Crippen molar-refractivity contribution in [3.8, 4) is 0 Å². The van der Waals surface area contributed by atoms with E-state index in [-0.39, 0.29) is 5.91 Å². The summed E-state index contributed by atoms with van der Waals surface area (Å²) in [5.41, 5.74) is 6.24. The van der Waals surface area contributed by atoms with E-state index < -0.39 is 6.10 Å². The summed E-state index contributed by atoms with van der Waals surface area (Å²) in [4.78, 5) is 36.8. The summed E-state index contributed by atoms with van der Waals surface area (Å²) < 4.78 is 5.71. The number of H-pyrrole nitrogens is 1. The van der Waals surface area contributed by atoms with Crippen molar-refractivity contribution in [1.29, 1.82) is 0 Å². The number of fused-ring (bicyclic) bond motifs is 2. The van der Waals surface area contributed by atoms with Crippen molar-refractivity contribution in [3.63, 3.8) is 0 Å². The molecule has 2 aromatic heterocycles. The molecule has 0 saturated heterocycles. The van der Waals surface area contributed by atoms with Gasteiger partial charge in [0.25, 0.3) is 5.91 Å². The number of anilines is 2. The average Bonchev–Trinajstić information content (AvgIpc) is 3.28. The summed E-state index contributed by atoms with van der Waals surface area (Å²) in [5, 5.41) is 4.13. The lowest BCUT2D eigenvalue weighted by atomic mass is 9.92. The molecule has 0 saturated carbocycles. The SMILES string of the molecule is COC1C(=C=O)C(N2CCCCc3c2sc(C)c3C)=CC=C1C(=O)Nc1cccc2[nH]c(C)nc12. The van der Waals surface area contributed by atoms with Crippen LogP contribution in [0.25, 0.3) is 11.0 Å². The quantitative estimate of drug-likeness (QED) is 0.509. The van der Waals surface area contributed by atoms with E-state index >= 15 is 0 Å². The number of amides is 1. The van der Waals surface area contributed by atoms with Crippen LogP contribution in [0.5, 0.6) is 0 Å². The molecule has 1 atom stereocenters. The summed E-state index contributed by atoms with van der Waals surface area (Å²) in [5.74, 6) is 2.53. The standard InChI is InChI=1S/C27H28N4O3S/c1-15-16(2)35-27-18(15)8-5-6-13-31(27)23-12-11-19(25(34-4)20(23)14-32)26(33)30-22-10-7-9-21-24(22)29-17(3)28-21/h7,9-12,25H,5-6,8,13H2,1-4H3,(H,28,29)(H,30,33). The molecule has 35 heavy (non-hydrogen) atoms. The number of hydrogen-bond donors (Lipinski definition) is 2. The second-order valence-electron chi connectivity index (χ2n) is 8.96. The van der Waals surface area contributed by atoms with Crippen LogP contribution in [0.2, 0.25) is 0 Å². The zero-order chi connectivity index (χ0) is 24.7. The summed E-state index contributed by atoms with van der Waals surface area (Å²) in [7, 11) is 1.51. The molecule has 1 amide bonds. The van der Waals surface area contributed by atoms with Gasteiger partial charge in [0.15, 0.2) is 0 Å². The number of carbonyl (C=O) groups is 1. The van der Waals surface area contributed by atoms with E-state index in [1.165, 1.54) is 28.1 Å². The molecule has 1 aromatic carbocycles. The lowest BCUT2D eigenvalue weighted by molar-refractivity contribution is -0.113. The van der Waals surface area contributed by atoms with Crippen molar-refractivity contribution in [2.24, 2.45) is 0 Å². The normalized spacial score (nSPS) is 18.0. The van der Waals surface area contributed by atoms with Crippen molar-refractivity contribution >= 4 is 44.9 Å². The number of nitrogens with one attached hydrogen (secondary N) is 2. The van der Waals surface area contributed by atoms with Crippen molar-refractivity contribution in [3.05, 3.63) is 69.0 Å². The number of carbonyl (C=O) groups excluding carboxylic acids is 2. The molecule has 7 nitrogen and oxygen atoms in total. The second kappa shape index (κ2) is 9.30. The van der Waals surface area contributed by atoms with Gasteiger partial charge in [-0.1, -0.05) is 6.07 Å². The van der Waals surface area contributed by atoms with Gasteiger partial charge in [0.05, 0.1) is 33.0 Å². The Morgan fingerprint density at radius 2 is 2.09 bits per heavy atom. The molecular formula is C27H28N4O3S. The number of nitrogens with zero attached hydrogens (tertiary/aromatic N) is 2. The highest BCUT2D eigenvalue weighted by Crippen LogP contribution is 2.42. The predicted molar refractivity (Wildman–Crippen MR) is 140 cm³/mol. The molecule has 1 aliphatic carbocycles. The number of thiophene rings is 1. The Bertz CT molecular complexity index is 1440. The fourth-order valence-corrected chi connectivity index (χ4v) is 6.18. The minimum Gasteiger partial charge on any atom is -0.371 e. The van der Waals surface area contributed by atoms with E-state index in [0.29, 0.717) is 22.4 Å². The van der Waals surface area contributed by atoms with Crippen LogP contribution < -0.4 is 10.2 Å². The molecule has 3 aromatic rings. The topological polar surface area (TPSA) is 87.3 Å². The fraction of sp³-hybridized carbons (Fsp3) is 0.333. The van der Waals surface area contributed by atoms with Crippen molar-refractivity contribution in [2.75, 3.05) is 23.9 Å². The maximum absolute atomic E-state index is 13.4. The number of aromatic amines is 1. The van der Waals surface area contributed by atoms with Gasteiger partial charge in [0, 0.05) is 18.5 Å². The number of hydrogen-bond acceptors (Lipinski definition) is 6. The van der Waals surface area contributed by atoms with Gasteiger partial charge in [-0.2, -0.15) is 0 Å². The Balaban J connectivity index is 1.52. The third kappa shape index (κ3) is 4.04. The monoisotopic (exact) mass is 488 g/mol. The molecule has 2 aliphatic rings. The number of para-hydroxylation sites is 1. The first-order valence-corrected chi connectivity index (χ1v) is 12.6. The largest absolute Gasteiger partial charge is 0.371 e. The van der Waals surface area contributed by atoms with Gasteiger partial charge >= 0.3 is 0 Å². The molecule has 8 heteroatoms. The minimum atomic E-state index is -0.818. The minimum absolute atomic E-state index is 0.338. The Morgan fingerprint density at radius 1 is 1.26 bits per heavy atom. The van der Waals surface area contributed by atoms with Crippen LogP contribution in [0.3, 0.4) is 0 Å². The van der Waals surface area contributed by atoms with Gasteiger partial charge in [0.1, 0.15) is 23.4 Å². The third-order valence-corrected chi connectivity index (χ3v) is 8.08. The number of benzene rings is 1. The van der Waals surface area contributed by atoms with Crippen molar-refractivity contribution < 1.29 is 14.3 Å².